The molecule has 0 aliphatic rings. The molecule has 0 aliphatic carbocycles. The highest BCUT2D eigenvalue weighted by Gasteiger charge is 2.31. The first-order chi connectivity index (χ1) is 7.42. The lowest BCUT2D eigenvalue weighted by Gasteiger charge is -2.09. The van der Waals surface area contributed by atoms with Gasteiger partial charge < -0.3 is 9.84 Å². The number of ether oxygens (including phenoxy) is 1. The number of halogens is 4. The quantitative estimate of drug-likeness (QED) is 0.927. The third kappa shape index (κ3) is 4.24. The van der Waals surface area contributed by atoms with Crippen LogP contribution < -0.4 is 4.74 Å². The van der Waals surface area contributed by atoms with E-state index in [2.05, 4.69) is 20.7 Å². The summed E-state index contributed by atoms with van der Waals surface area (Å²) in [6.07, 6.45) is -1.63. The Kier molecular flexibility index (Phi) is 4.37. The molecule has 0 aliphatic heterocycles. The Bertz CT molecular complexity index is 388. The van der Waals surface area contributed by atoms with Gasteiger partial charge in [-0.05, 0) is 17.7 Å². The molecule has 0 radical (unpaired) electrons. The van der Waals surface area contributed by atoms with E-state index in [0.29, 0.717) is 10.0 Å². The van der Waals surface area contributed by atoms with Crippen LogP contribution in [-0.2, 0) is 0 Å². The van der Waals surface area contributed by atoms with Crippen LogP contribution in [0, 0.1) is 0 Å². The van der Waals surface area contributed by atoms with E-state index in [-0.39, 0.29) is 12.4 Å². The normalized spacial score (nSPS) is 12.1. The Labute approximate surface area is 98.5 Å². The molecule has 0 fully saturated rings. The number of rotatable bonds is 3. The van der Waals surface area contributed by atoms with Gasteiger partial charge in [0.15, 0.2) is 0 Å². The fourth-order valence-electron chi connectivity index (χ4n) is 1.02. The number of aliphatic hydroxyl groups excluding tert-OH is 1. The van der Waals surface area contributed by atoms with Crippen molar-refractivity contribution < 1.29 is 23.0 Å². The zero-order valence-corrected chi connectivity index (χ0v) is 9.55. The first-order valence-electron chi connectivity index (χ1n) is 4.25. The highest BCUT2D eigenvalue weighted by atomic mass is 79.9. The lowest BCUT2D eigenvalue weighted by molar-refractivity contribution is -0.274. The second kappa shape index (κ2) is 5.36. The van der Waals surface area contributed by atoms with Crippen LogP contribution in [0.4, 0.5) is 13.2 Å². The first-order valence-corrected chi connectivity index (χ1v) is 5.04. The molecule has 0 spiro atoms. The Balaban J connectivity index is 2.87. The molecule has 16 heavy (non-hydrogen) atoms. The maximum atomic E-state index is 11.9. The van der Waals surface area contributed by atoms with Crippen LogP contribution in [-0.4, -0.2) is 18.1 Å². The van der Waals surface area contributed by atoms with E-state index in [1.807, 2.05) is 0 Å². The zero-order valence-electron chi connectivity index (χ0n) is 7.96. The highest BCUT2D eigenvalue weighted by molar-refractivity contribution is 9.10. The summed E-state index contributed by atoms with van der Waals surface area (Å²) in [6.45, 7) is -0.132. The van der Waals surface area contributed by atoms with Gasteiger partial charge in [-0.3, -0.25) is 0 Å². The van der Waals surface area contributed by atoms with Crippen molar-refractivity contribution in [1.82, 2.24) is 0 Å². The van der Waals surface area contributed by atoms with E-state index >= 15 is 0 Å². The summed E-state index contributed by atoms with van der Waals surface area (Å²) in [5, 5.41) is 8.55. The molecule has 1 N–H and O–H groups in total. The van der Waals surface area contributed by atoms with Crippen LogP contribution in [0.15, 0.2) is 28.7 Å². The van der Waals surface area contributed by atoms with Crippen LogP contribution >= 0.6 is 15.9 Å². The zero-order chi connectivity index (χ0) is 12.2. The Morgan fingerprint density at radius 3 is 2.56 bits per heavy atom. The highest BCUT2D eigenvalue weighted by Crippen LogP contribution is 2.28. The van der Waals surface area contributed by atoms with Crippen molar-refractivity contribution in [1.29, 1.82) is 0 Å². The molecule has 0 saturated heterocycles. The lowest BCUT2D eigenvalue weighted by Crippen LogP contribution is -2.17. The predicted octanol–water partition coefficient (Wildman–Crippen LogP) is 3.35. The van der Waals surface area contributed by atoms with E-state index < -0.39 is 6.36 Å². The van der Waals surface area contributed by atoms with Gasteiger partial charge >= 0.3 is 6.36 Å². The van der Waals surface area contributed by atoms with Gasteiger partial charge in [0.05, 0.1) is 6.61 Å². The van der Waals surface area contributed by atoms with Gasteiger partial charge in [-0.1, -0.05) is 34.1 Å². The van der Waals surface area contributed by atoms with Gasteiger partial charge in [0.2, 0.25) is 0 Å². The first kappa shape index (κ1) is 13.1. The number of aliphatic hydroxyl groups is 1. The van der Waals surface area contributed by atoms with Gasteiger partial charge in [-0.25, -0.2) is 0 Å². The molecule has 0 saturated carbocycles. The van der Waals surface area contributed by atoms with Crippen molar-refractivity contribution >= 4 is 22.0 Å². The van der Waals surface area contributed by atoms with Crippen molar-refractivity contribution in [2.24, 2.45) is 0 Å². The van der Waals surface area contributed by atoms with Crippen molar-refractivity contribution in [2.45, 2.75) is 6.36 Å². The Morgan fingerprint density at radius 2 is 2.06 bits per heavy atom. The van der Waals surface area contributed by atoms with E-state index in [4.69, 9.17) is 5.11 Å². The Hall–Kier alpha value is -1.01. The summed E-state index contributed by atoms with van der Waals surface area (Å²) < 4.78 is 39.9. The second-order valence-electron chi connectivity index (χ2n) is 2.82. The fraction of sp³-hybridized carbons (Fsp3) is 0.200. The second-order valence-corrected chi connectivity index (χ2v) is 3.67. The monoisotopic (exact) mass is 296 g/mol. The molecule has 0 heterocycles. The summed E-state index contributed by atoms with van der Waals surface area (Å²) in [5.41, 5.74) is 0.656. The average molecular weight is 297 g/mol. The molecule has 0 atom stereocenters. The average Bonchev–Trinajstić information content (AvgIpc) is 2.14. The molecular weight excluding hydrogens is 289 g/mol. The molecule has 1 rings (SSSR count). The summed E-state index contributed by atoms with van der Waals surface area (Å²) >= 11 is 3.10. The molecule has 88 valence electrons. The minimum Gasteiger partial charge on any atom is -0.406 e. The van der Waals surface area contributed by atoms with Crippen LogP contribution in [0.25, 0.3) is 6.08 Å². The topological polar surface area (TPSA) is 29.5 Å². The summed E-state index contributed by atoms with van der Waals surface area (Å²) in [5.74, 6) is -0.291. The van der Waals surface area contributed by atoms with Crippen molar-refractivity contribution in [2.75, 3.05) is 6.61 Å². The van der Waals surface area contributed by atoms with E-state index in [1.54, 1.807) is 6.08 Å². The van der Waals surface area contributed by atoms with Gasteiger partial charge in [0.25, 0.3) is 0 Å². The van der Waals surface area contributed by atoms with Crippen LogP contribution in [0.5, 0.6) is 5.75 Å². The predicted molar refractivity (Wildman–Crippen MR) is 56.9 cm³/mol. The van der Waals surface area contributed by atoms with Gasteiger partial charge in [0, 0.05) is 4.47 Å². The van der Waals surface area contributed by atoms with Crippen molar-refractivity contribution in [3.8, 4) is 5.75 Å². The van der Waals surface area contributed by atoms with Gasteiger partial charge in [0.1, 0.15) is 5.75 Å². The van der Waals surface area contributed by atoms with Crippen LogP contribution in [0.2, 0.25) is 0 Å². The minimum atomic E-state index is -4.69. The number of hydrogen-bond donors (Lipinski definition) is 1. The smallest absolute Gasteiger partial charge is 0.406 e. The van der Waals surface area contributed by atoms with E-state index in [9.17, 15) is 13.2 Å². The molecule has 1 aromatic rings. The molecule has 0 unspecified atom stereocenters. The molecule has 6 heteroatoms. The maximum absolute atomic E-state index is 11.9. The molecule has 0 aromatic heterocycles. The minimum absolute atomic E-state index is 0.132. The lowest BCUT2D eigenvalue weighted by atomic mass is 10.2. The van der Waals surface area contributed by atoms with Crippen LogP contribution in [0.1, 0.15) is 5.56 Å². The summed E-state index contributed by atoms with van der Waals surface area (Å²) in [6, 6.07) is 3.87. The fourth-order valence-corrected chi connectivity index (χ4v) is 1.51. The molecule has 0 bridgehead atoms. The molecule has 1 aromatic carbocycles. The van der Waals surface area contributed by atoms with Gasteiger partial charge in [-0.2, -0.15) is 0 Å². The summed E-state index contributed by atoms with van der Waals surface area (Å²) in [7, 11) is 0. The summed E-state index contributed by atoms with van der Waals surface area (Å²) in [4.78, 5) is 0. The third-order valence-electron chi connectivity index (χ3n) is 1.61. The van der Waals surface area contributed by atoms with Gasteiger partial charge in [-0.15, -0.1) is 13.2 Å². The molecular formula is C10H8BrF3O2. The maximum Gasteiger partial charge on any atom is 0.573 e. The van der Waals surface area contributed by atoms with Crippen molar-refractivity contribution in [3.63, 3.8) is 0 Å². The number of hydrogen-bond acceptors (Lipinski definition) is 2. The third-order valence-corrected chi connectivity index (χ3v) is 2.30. The van der Waals surface area contributed by atoms with Crippen LogP contribution in [0.3, 0.4) is 0 Å². The SMILES string of the molecule is OCC=Cc1ccc(OC(F)(F)F)cc1Br. The number of alkyl halides is 3. The van der Waals surface area contributed by atoms with Crippen molar-refractivity contribution in [3.05, 3.63) is 34.3 Å². The number of benzene rings is 1. The standard InChI is InChI=1S/C10H8BrF3O2/c11-9-6-8(16-10(12,13)14)4-3-7(9)2-1-5-15/h1-4,6,15H,5H2. The molecule has 0 amide bonds. The van der Waals surface area contributed by atoms with E-state index in [0.717, 1.165) is 0 Å². The molecule has 2 nitrogen and oxygen atoms in total. The Morgan fingerprint density at radius 1 is 1.38 bits per heavy atom. The van der Waals surface area contributed by atoms with E-state index in [1.165, 1.54) is 24.3 Å². The largest absolute Gasteiger partial charge is 0.573 e.